The predicted octanol–water partition coefficient (Wildman–Crippen LogP) is 3.17. The molecule has 1 heterocycles. The second kappa shape index (κ2) is 6.58. The van der Waals surface area contributed by atoms with Crippen LogP contribution in [-0.2, 0) is 0 Å². The van der Waals surface area contributed by atoms with Crippen molar-refractivity contribution in [2.24, 2.45) is 0 Å². The summed E-state index contributed by atoms with van der Waals surface area (Å²) >= 11 is 3.36. The Balaban J connectivity index is 2.31. The number of anilines is 2. The molecule has 0 spiro atoms. The molecule has 0 aliphatic heterocycles. The number of nitrogens with zero attached hydrogens (tertiary/aromatic N) is 2. The number of nitrogens with one attached hydrogen (secondary N) is 1. The van der Waals surface area contributed by atoms with Crippen molar-refractivity contribution >= 4 is 33.2 Å². The quantitative estimate of drug-likeness (QED) is 0.920. The molecule has 1 aromatic carbocycles. The van der Waals surface area contributed by atoms with E-state index in [-0.39, 0.29) is 5.91 Å². The Morgan fingerprint density at radius 1 is 1.33 bits per heavy atom. The van der Waals surface area contributed by atoms with Crippen LogP contribution in [0.4, 0.5) is 11.4 Å². The number of ether oxygens (including phenoxy) is 1. The Bertz CT molecular complexity index is 659. The number of aromatic nitrogens is 1. The van der Waals surface area contributed by atoms with Gasteiger partial charge in [0.25, 0.3) is 5.91 Å². The smallest absolute Gasteiger partial charge is 0.259 e. The standard InChI is InChI=1S/C15H16BrN3O2/c1-19(2)13-6-7-17-9-12(13)18-15(20)11-5-4-10(16)8-14(11)21-3/h4-9H,1-3H3,(H,18,20). The molecular weight excluding hydrogens is 334 g/mol. The number of benzene rings is 1. The number of amides is 1. The van der Waals surface area contributed by atoms with Crippen LogP contribution in [0, 0.1) is 0 Å². The van der Waals surface area contributed by atoms with Crippen molar-refractivity contribution in [1.29, 1.82) is 0 Å². The van der Waals surface area contributed by atoms with Gasteiger partial charge in [0.1, 0.15) is 5.75 Å². The number of hydrogen-bond donors (Lipinski definition) is 1. The summed E-state index contributed by atoms with van der Waals surface area (Å²) < 4.78 is 6.10. The van der Waals surface area contributed by atoms with Gasteiger partial charge in [-0.3, -0.25) is 9.78 Å². The molecule has 1 aromatic heterocycles. The topological polar surface area (TPSA) is 54.5 Å². The lowest BCUT2D eigenvalue weighted by atomic mass is 10.2. The van der Waals surface area contributed by atoms with E-state index >= 15 is 0 Å². The van der Waals surface area contributed by atoms with E-state index in [4.69, 9.17) is 4.74 Å². The first-order valence-corrected chi connectivity index (χ1v) is 7.08. The van der Waals surface area contributed by atoms with Gasteiger partial charge in [-0.25, -0.2) is 0 Å². The van der Waals surface area contributed by atoms with Gasteiger partial charge in [-0.15, -0.1) is 0 Å². The molecule has 5 nitrogen and oxygen atoms in total. The monoisotopic (exact) mass is 349 g/mol. The summed E-state index contributed by atoms with van der Waals surface area (Å²) in [7, 11) is 5.35. The summed E-state index contributed by atoms with van der Waals surface area (Å²) in [5.74, 6) is 0.271. The molecule has 1 N–H and O–H groups in total. The average Bonchev–Trinajstić information content (AvgIpc) is 2.47. The lowest BCUT2D eigenvalue weighted by molar-refractivity contribution is 0.102. The van der Waals surface area contributed by atoms with Crippen molar-refractivity contribution in [3.05, 3.63) is 46.7 Å². The normalized spacial score (nSPS) is 10.1. The number of rotatable bonds is 4. The molecule has 0 saturated heterocycles. The van der Waals surface area contributed by atoms with Crippen LogP contribution in [0.15, 0.2) is 41.1 Å². The Morgan fingerprint density at radius 3 is 2.76 bits per heavy atom. The van der Waals surface area contributed by atoms with Crippen LogP contribution < -0.4 is 15.0 Å². The molecule has 0 fully saturated rings. The third-order valence-electron chi connectivity index (χ3n) is 2.94. The minimum absolute atomic E-state index is 0.240. The van der Waals surface area contributed by atoms with Gasteiger partial charge in [0.05, 0.1) is 30.2 Å². The van der Waals surface area contributed by atoms with Crippen LogP contribution in [0.3, 0.4) is 0 Å². The van der Waals surface area contributed by atoms with Crippen LogP contribution in [0.1, 0.15) is 10.4 Å². The zero-order valence-corrected chi connectivity index (χ0v) is 13.6. The highest BCUT2D eigenvalue weighted by Gasteiger charge is 2.15. The number of methoxy groups -OCH3 is 1. The number of hydrogen-bond acceptors (Lipinski definition) is 4. The number of carbonyl (C=O) groups is 1. The Morgan fingerprint density at radius 2 is 2.10 bits per heavy atom. The van der Waals surface area contributed by atoms with Gasteiger partial charge in [-0.1, -0.05) is 15.9 Å². The van der Waals surface area contributed by atoms with Crippen LogP contribution in [-0.4, -0.2) is 32.1 Å². The van der Waals surface area contributed by atoms with Gasteiger partial charge in [0.2, 0.25) is 0 Å². The number of halogens is 1. The zero-order valence-electron chi connectivity index (χ0n) is 12.1. The van der Waals surface area contributed by atoms with Crippen molar-refractivity contribution < 1.29 is 9.53 Å². The van der Waals surface area contributed by atoms with E-state index in [2.05, 4.69) is 26.2 Å². The van der Waals surface area contributed by atoms with Gasteiger partial charge < -0.3 is 15.0 Å². The summed E-state index contributed by atoms with van der Waals surface area (Å²) in [4.78, 5) is 18.4. The number of carbonyl (C=O) groups excluding carboxylic acids is 1. The molecule has 0 bridgehead atoms. The highest BCUT2D eigenvalue weighted by atomic mass is 79.9. The first kappa shape index (κ1) is 15.3. The Kier molecular flexibility index (Phi) is 4.80. The molecule has 110 valence electrons. The first-order valence-electron chi connectivity index (χ1n) is 6.29. The molecule has 0 aliphatic rings. The Hall–Kier alpha value is -2.08. The molecule has 0 unspecified atom stereocenters. The summed E-state index contributed by atoms with van der Waals surface area (Å²) in [5, 5.41) is 2.86. The molecule has 1 amide bonds. The molecule has 0 aliphatic carbocycles. The van der Waals surface area contributed by atoms with Crippen molar-refractivity contribution in [1.82, 2.24) is 4.98 Å². The molecule has 0 atom stereocenters. The maximum atomic E-state index is 12.4. The summed E-state index contributed by atoms with van der Waals surface area (Å²) in [6.07, 6.45) is 3.31. The molecule has 0 saturated carbocycles. The second-order valence-corrected chi connectivity index (χ2v) is 5.50. The van der Waals surface area contributed by atoms with Crippen molar-refractivity contribution in [2.45, 2.75) is 0 Å². The molecule has 21 heavy (non-hydrogen) atoms. The minimum Gasteiger partial charge on any atom is -0.496 e. The molecule has 2 aromatic rings. The van der Waals surface area contributed by atoms with Crippen molar-refractivity contribution in [3.8, 4) is 5.75 Å². The van der Waals surface area contributed by atoms with Crippen LogP contribution in [0.2, 0.25) is 0 Å². The van der Waals surface area contributed by atoms with Crippen LogP contribution in [0.25, 0.3) is 0 Å². The fourth-order valence-corrected chi connectivity index (χ4v) is 2.26. The van der Waals surface area contributed by atoms with Crippen molar-refractivity contribution in [2.75, 3.05) is 31.4 Å². The van der Waals surface area contributed by atoms with Gasteiger partial charge in [-0.2, -0.15) is 0 Å². The Labute approximate surface area is 132 Å². The SMILES string of the molecule is COc1cc(Br)ccc1C(=O)Nc1cnccc1N(C)C. The van der Waals surface area contributed by atoms with Gasteiger partial charge in [-0.05, 0) is 24.3 Å². The van der Waals surface area contributed by atoms with E-state index in [1.54, 1.807) is 30.6 Å². The van der Waals surface area contributed by atoms with Crippen molar-refractivity contribution in [3.63, 3.8) is 0 Å². The van der Waals surface area contributed by atoms with E-state index in [1.807, 2.05) is 25.1 Å². The largest absolute Gasteiger partial charge is 0.496 e. The fourth-order valence-electron chi connectivity index (χ4n) is 1.92. The van der Waals surface area contributed by atoms with Gasteiger partial charge in [0, 0.05) is 24.8 Å². The van der Waals surface area contributed by atoms with E-state index < -0.39 is 0 Å². The summed E-state index contributed by atoms with van der Waals surface area (Å²) in [5.41, 5.74) is 2.00. The minimum atomic E-state index is -0.240. The molecule has 6 heteroatoms. The van der Waals surface area contributed by atoms with E-state index in [0.29, 0.717) is 17.0 Å². The first-order chi connectivity index (χ1) is 10.0. The van der Waals surface area contributed by atoms with Gasteiger partial charge >= 0.3 is 0 Å². The maximum Gasteiger partial charge on any atom is 0.259 e. The zero-order chi connectivity index (χ0) is 15.4. The second-order valence-electron chi connectivity index (χ2n) is 4.59. The van der Waals surface area contributed by atoms with E-state index in [9.17, 15) is 4.79 Å². The third kappa shape index (κ3) is 3.52. The van der Waals surface area contributed by atoms with Crippen LogP contribution in [0.5, 0.6) is 5.75 Å². The maximum absolute atomic E-state index is 12.4. The third-order valence-corrected chi connectivity index (χ3v) is 3.43. The van der Waals surface area contributed by atoms with Gasteiger partial charge in [0.15, 0.2) is 0 Å². The average molecular weight is 350 g/mol. The van der Waals surface area contributed by atoms with E-state index in [0.717, 1.165) is 10.2 Å². The summed E-state index contributed by atoms with van der Waals surface area (Å²) in [6, 6.07) is 7.11. The summed E-state index contributed by atoms with van der Waals surface area (Å²) in [6.45, 7) is 0. The predicted molar refractivity (Wildman–Crippen MR) is 87.2 cm³/mol. The lowest BCUT2D eigenvalue weighted by Gasteiger charge is -2.17. The van der Waals surface area contributed by atoms with Crippen LogP contribution >= 0.6 is 15.9 Å². The fraction of sp³-hybridized carbons (Fsp3) is 0.200. The number of pyridine rings is 1. The highest BCUT2D eigenvalue weighted by molar-refractivity contribution is 9.10. The van der Waals surface area contributed by atoms with E-state index in [1.165, 1.54) is 7.11 Å². The molecule has 2 rings (SSSR count). The molecular formula is C15H16BrN3O2. The highest BCUT2D eigenvalue weighted by Crippen LogP contribution is 2.27. The lowest BCUT2D eigenvalue weighted by Crippen LogP contribution is -2.17. The molecule has 0 radical (unpaired) electrons.